The molecule has 0 aliphatic heterocycles. The van der Waals surface area contributed by atoms with E-state index < -0.39 is 7.82 Å². The molecule has 0 spiro atoms. The molecule has 0 unspecified atom stereocenters. The Balaban J connectivity index is 2.48. The fourth-order valence-corrected chi connectivity index (χ4v) is 2.05. The Hall–Kier alpha value is -1.39. The number of fused-ring (bicyclic) bond motifs is 1. The van der Waals surface area contributed by atoms with Gasteiger partial charge in [-0.1, -0.05) is 24.3 Å². The number of hydrogen-bond acceptors (Lipinski definition) is 3. The molecule has 2 aromatic carbocycles. The van der Waals surface area contributed by atoms with Gasteiger partial charge in [-0.25, -0.2) is 4.57 Å². The Morgan fingerprint density at radius 2 is 1.94 bits per heavy atom. The van der Waals surface area contributed by atoms with Crippen LogP contribution in [0.2, 0.25) is 0 Å². The number of phosphoric ester groups is 1. The summed E-state index contributed by atoms with van der Waals surface area (Å²) in [4.78, 5) is 17.4. The maximum atomic E-state index is 10.7. The molecule has 0 saturated heterocycles. The van der Waals surface area contributed by atoms with Crippen molar-refractivity contribution in [1.82, 2.24) is 0 Å². The van der Waals surface area contributed by atoms with Crippen molar-refractivity contribution in [2.45, 2.75) is 6.61 Å². The average Bonchev–Trinajstić information content (AvgIpc) is 2.25. The second-order valence-corrected chi connectivity index (χ2v) is 4.70. The van der Waals surface area contributed by atoms with E-state index in [4.69, 9.17) is 14.9 Å². The molecule has 90 valence electrons. The van der Waals surface area contributed by atoms with Gasteiger partial charge in [-0.3, -0.25) is 9.79 Å². The molecule has 0 fully saturated rings. The number of phosphoric acid groups is 1. The highest BCUT2D eigenvalue weighted by molar-refractivity contribution is 7.46. The van der Waals surface area contributed by atoms with Crippen LogP contribution in [0.4, 0.5) is 0 Å². The fourth-order valence-electron chi connectivity index (χ4n) is 1.66. The number of rotatable bonds is 3. The summed E-state index contributed by atoms with van der Waals surface area (Å²) in [5.41, 5.74) is 0.755. The van der Waals surface area contributed by atoms with Crippen LogP contribution >= 0.6 is 7.82 Å². The van der Waals surface area contributed by atoms with E-state index in [1.54, 1.807) is 24.3 Å². The number of aliphatic hydroxyl groups excluding tert-OH is 1. The molecule has 0 aromatic heterocycles. The summed E-state index contributed by atoms with van der Waals surface area (Å²) in [7, 11) is -4.53. The lowest BCUT2D eigenvalue weighted by Gasteiger charge is -2.09. The Labute approximate surface area is 97.5 Å². The van der Waals surface area contributed by atoms with Crippen molar-refractivity contribution >= 4 is 18.6 Å². The van der Waals surface area contributed by atoms with Crippen LogP contribution in [-0.2, 0) is 11.2 Å². The van der Waals surface area contributed by atoms with Crippen molar-refractivity contribution in [3.63, 3.8) is 0 Å². The van der Waals surface area contributed by atoms with Crippen LogP contribution in [0, 0.1) is 0 Å². The molecule has 0 bridgehead atoms. The first kappa shape index (κ1) is 12.1. The van der Waals surface area contributed by atoms with Gasteiger partial charge in [0.05, 0.1) is 6.61 Å². The first-order valence-corrected chi connectivity index (χ1v) is 6.40. The summed E-state index contributed by atoms with van der Waals surface area (Å²) in [5.74, 6) is 0.0981. The van der Waals surface area contributed by atoms with Gasteiger partial charge in [-0.05, 0) is 28.5 Å². The quantitative estimate of drug-likeness (QED) is 0.727. The third-order valence-corrected chi connectivity index (χ3v) is 2.79. The maximum Gasteiger partial charge on any atom is 0.524 e. The first-order chi connectivity index (χ1) is 7.99. The average molecular weight is 254 g/mol. The number of benzene rings is 2. The molecule has 5 nitrogen and oxygen atoms in total. The number of hydrogen-bond donors (Lipinski definition) is 3. The summed E-state index contributed by atoms with van der Waals surface area (Å²) >= 11 is 0. The Bertz CT molecular complexity index is 589. The van der Waals surface area contributed by atoms with Crippen LogP contribution in [0.1, 0.15) is 5.56 Å². The summed E-state index contributed by atoms with van der Waals surface area (Å²) < 4.78 is 15.2. The van der Waals surface area contributed by atoms with Crippen molar-refractivity contribution < 1.29 is 24.0 Å². The van der Waals surface area contributed by atoms with Crippen LogP contribution in [0.25, 0.3) is 10.8 Å². The van der Waals surface area contributed by atoms with E-state index >= 15 is 0 Å². The van der Waals surface area contributed by atoms with Crippen LogP contribution < -0.4 is 4.52 Å². The van der Waals surface area contributed by atoms with E-state index in [9.17, 15) is 4.57 Å². The molecule has 17 heavy (non-hydrogen) atoms. The molecule has 0 heterocycles. The summed E-state index contributed by atoms with van der Waals surface area (Å²) in [5, 5.41) is 10.7. The van der Waals surface area contributed by atoms with Gasteiger partial charge in [0.15, 0.2) is 0 Å². The zero-order chi connectivity index (χ0) is 12.5. The van der Waals surface area contributed by atoms with E-state index in [1.165, 1.54) is 12.1 Å². The van der Waals surface area contributed by atoms with Crippen LogP contribution in [0.5, 0.6) is 5.75 Å². The minimum Gasteiger partial charge on any atom is -0.404 e. The van der Waals surface area contributed by atoms with Gasteiger partial charge in [0.25, 0.3) is 0 Å². The predicted molar refractivity (Wildman–Crippen MR) is 62.5 cm³/mol. The monoisotopic (exact) mass is 254 g/mol. The van der Waals surface area contributed by atoms with E-state index in [0.29, 0.717) is 0 Å². The van der Waals surface area contributed by atoms with Crippen LogP contribution in [-0.4, -0.2) is 14.9 Å². The molecule has 0 saturated carbocycles. The van der Waals surface area contributed by atoms with E-state index in [0.717, 1.165) is 16.3 Å². The molecule has 0 aliphatic rings. The molecular weight excluding hydrogens is 243 g/mol. The van der Waals surface area contributed by atoms with Gasteiger partial charge >= 0.3 is 7.82 Å². The van der Waals surface area contributed by atoms with Gasteiger partial charge in [0.1, 0.15) is 5.75 Å². The number of aliphatic hydroxyl groups is 1. The van der Waals surface area contributed by atoms with Gasteiger partial charge in [-0.15, -0.1) is 0 Å². The van der Waals surface area contributed by atoms with E-state index in [2.05, 4.69) is 4.52 Å². The minimum absolute atomic E-state index is 0.0873. The molecule has 0 radical (unpaired) electrons. The second kappa shape index (κ2) is 4.47. The molecule has 0 aliphatic carbocycles. The van der Waals surface area contributed by atoms with Crippen molar-refractivity contribution in [2.75, 3.05) is 0 Å². The van der Waals surface area contributed by atoms with Crippen molar-refractivity contribution in [3.05, 3.63) is 42.0 Å². The minimum atomic E-state index is -4.53. The van der Waals surface area contributed by atoms with Crippen LogP contribution in [0.15, 0.2) is 36.4 Å². The summed E-state index contributed by atoms with van der Waals surface area (Å²) in [6, 6.07) is 9.96. The highest BCUT2D eigenvalue weighted by Gasteiger charge is 2.15. The standard InChI is InChI=1S/C11H11O5P/c12-7-9-3-1-2-8-6-10(4-5-11(8)9)16-17(13,14)15/h1-6,12H,7H2,(H2,13,14,15). The Kier molecular flexibility index (Phi) is 3.17. The van der Waals surface area contributed by atoms with Crippen molar-refractivity contribution in [3.8, 4) is 5.75 Å². The van der Waals surface area contributed by atoms with Gasteiger partial charge < -0.3 is 9.63 Å². The van der Waals surface area contributed by atoms with Crippen LogP contribution in [0.3, 0.4) is 0 Å². The topological polar surface area (TPSA) is 87.0 Å². The van der Waals surface area contributed by atoms with Crippen molar-refractivity contribution in [1.29, 1.82) is 0 Å². The van der Waals surface area contributed by atoms with Crippen molar-refractivity contribution in [2.24, 2.45) is 0 Å². The van der Waals surface area contributed by atoms with E-state index in [1.807, 2.05) is 0 Å². The van der Waals surface area contributed by atoms with Gasteiger partial charge in [0.2, 0.25) is 0 Å². The maximum absolute atomic E-state index is 10.7. The smallest absolute Gasteiger partial charge is 0.404 e. The molecule has 2 rings (SSSR count). The molecule has 3 N–H and O–H groups in total. The zero-order valence-corrected chi connectivity index (χ0v) is 9.67. The summed E-state index contributed by atoms with van der Waals surface area (Å²) in [6.07, 6.45) is 0. The second-order valence-electron chi connectivity index (χ2n) is 3.54. The summed E-state index contributed by atoms with van der Waals surface area (Å²) in [6.45, 7) is -0.0873. The molecular formula is C11H11O5P. The molecule has 2 aromatic rings. The van der Waals surface area contributed by atoms with Gasteiger partial charge in [-0.2, -0.15) is 0 Å². The molecule has 6 heteroatoms. The lowest BCUT2D eigenvalue weighted by molar-refractivity contribution is 0.282. The third-order valence-electron chi connectivity index (χ3n) is 2.34. The largest absolute Gasteiger partial charge is 0.524 e. The predicted octanol–water partition coefficient (Wildman–Crippen LogP) is 1.80. The highest BCUT2D eigenvalue weighted by Crippen LogP contribution is 2.38. The Morgan fingerprint density at radius 3 is 2.59 bits per heavy atom. The molecule has 0 amide bonds. The first-order valence-electron chi connectivity index (χ1n) is 4.87. The Morgan fingerprint density at radius 1 is 1.18 bits per heavy atom. The van der Waals surface area contributed by atoms with Gasteiger partial charge in [0, 0.05) is 0 Å². The fraction of sp³-hybridized carbons (Fsp3) is 0.0909. The lowest BCUT2D eigenvalue weighted by Crippen LogP contribution is -1.91. The molecule has 0 atom stereocenters. The normalized spacial score (nSPS) is 11.7. The van der Waals surface area contributed by atoms with E-state index in [-0.39, 0.29) is 12.4 Å². The third kappa shape index (κ3) is 2.84. The SMILES string of the molecule is O=P(O)(O)Oc1ccc2c(CO)cccc2c1. The zero-order valence-electron chi connectivity index (χ0n) is 8.78. The highest BCUT2D eigenvalue weighted by atomic mass is 31.2. The lowest BCUT2D eigenvalue weighted by atomic mass is 10.1.